The van der Waals surface area contributed by atoms with Gasteiger partial charge in [0.15, 0.2) is 0 Å². The standard InChI is InChI=1S/C19H19ClN2O2/c20-16-11-5-4-10-15(16)18(23)21-17(14-8-2-1-3-9-14)19(24)22-12-6-7-13-22/h1-5,8-11,17H,6-7,12-13H2,(H,21,23)/t17-/m0/s1. The lowest BCUT2D eigenvalue weighted by Gasteiger charge is -2.24. The van der Waals surface area contributed by atoms with Crippen LogP contribution < -0.4 is 5.32 Å². The van der Waals surface area contributed by atoms with Crippen LogP contribution in [0.5, 0.6) is 0 Å². The predicted octanol–water partition coefficient (Wildman–Crippen LogP) is 3.43. The van der Waals surface area contributed by atoms with Gasteiger partial charge in [-0.25, -0.2) is 0 Å². The molecule has 1 atom stereocenters. The van der Waals surface area contributed by atoms with Crippen LogP contribution in [0.15, 0.2) is 54.6 Å². The Labute approximate surface area is 146 Å². The normalized spacial score (nSPS) is 15.1. The minimum absolute atomic E-state index is 0.0703. The third-order valence-electron chi connectivity index (χ3n) is 4.19. The molecule has 1 saturated heterocycles. The van der Waals surface area contributed by atoms with Gasteiger partial charge < -0.3 is 10.2 Å². The summed E-state index contributed by atoms with van der Waals surface area (Å²) < 4.78 is 0. The van der Waals surface area contributed by atoms with E-state index in [2.05, 4.69) is 5.32 Å². The molecular formula is C19H19ClN2O2. The quantitative estimate of drug-likeness (QED) is 0.925. The van der Waals surface area contributed by atoms with Crippen molar-refractivity contribution in [2.75, 3.05) is 13.1 Å². The Morgan fingerprint density at radius 3 is 2.25 bits per heavy atom. The van der Waals surface area contributed by atoms with Crippen LogP contribution in [-0.2, 0) is 4.79 Å². The zero-order valence-electron chi connectivity index (χ0n) is 13.2. The van der Waals surface area contributed by atoms with Crippen LogP contribution in [0.1, 0.15) is 34.8 Å². The van der Waals surface area contributed by atoms with Gasteiger partial charge in [-0.1, -0.05) is 54.1 Å². The Hall–Kier alpha value is -2.33. The summed E-state index contributed by atoms with van der Waals surface area (Å²) in [5.41, 5.74) is 1.14. The highest BCUT2D eigenvalue weighted by molar-refractivity contribution is 6.33. The summed E-state index contributed by atoms with van der Waals surface area (Å²) in [6.45, 7) is 1.48. The summed E-state index contributed by atoms with van der Waals surface area (Å²) in [6.07, 6.45) is 2.01. The molecule has 1 N–H and O–H groups in total. The molecule has 0 bridgehead atoms. The highest BCUT2D eigenvalue weighted by Crippen LogP contribution is 2.21. The van der Waals surface area contributed by atoms with E-state index in [1.807, 2.05) is 35.2 Å². The molecule has 2 amide bonds. The molecule has 124 valence electrons. The maximum Gasteiger partial charge on any atom is 0.253 e. The first-order valence-electron chi connectivity index (χ1n) is 8.06. The largest absolute Gasteiger partial charge is 0.341 e. The van der Waals surface area contributed by atoms with E-state index in [0.717, 1.165) is 31.5 Å². The number of carbonyl (C=O) groups excluding carboxylic acids is 2. The van der Waals surface area contributed by atoms with Crippen LogP contribution in [0.4, 0.5) is 0 Å². The summed E-state index contributed by atoms with van der Waals surface area (Å²) in [6, 6.07) is 15.4. The van der Waals surface area contributed by atoms with E-state index in [0.29, 0.717) is 10.6 Å². The number of carbonyl (C=O) groups is 2. The van der Waals surface area contributed by atoms with Gasteiger partial charge in [-0.2, -0.15) is 0 Å². The summed E-state index contributed by atoms with van der Waals surface area (Å²) in [4.78, 5) is 27.3. The molecule has 0 unspecified atom stereocenters. The number of hydrogen-bond donors (Lipinski definition) is 1. The van der Waals surface area contributed by atoms with Crippen LogP contribution >= 0.6 is 11.6 Å². The molecule has 0 saturated carbocycles. The highest BCUT2D eigenvalue weighted by atomic mass is 35.5. The number of benzene rings is 2. The van der Waals surface area contributed by atoms with Crippen molar-refractivity contribution in [1.29, 1.82) is 0 Å². The van der Waals surface area contributed by atoms with Gasteiger partial charge in [-0.3, -0.25) is 9.59 Å². The average molecular weight is 343 g/mol. The molecular weight excluding hydrogens is 324 g/mol. The zero-order valence-corrected chi connectivity index (χ0v) is 14.0. The van der Waals surface area contributed by atoms with Gasteiger partial charge in [0.05, 0.1) is 10.6 Å². The molecule has 2 aromatic rings. The summed E-state index contributed by atoms with van der Waals surface area (Å²) in [5.74, 6) is -0.416. The molecule has 1 heterocycles. The number of nitrogens with one attached hydrogen (secondary N) is 1. The van der Waals surface area contributed by atoms with Crippen molar-refractivity contribution in [3.63, 3.8) is 0 Å². The minimum Gasteiger partial charge on any atom is -0.341 e. The molecule has 1 aliphatic rings. The third-order valence-corrected chi connectivity index (χ3v) is 4.52. The Kier molecular flexibility index (Phi) is 5.16. The molecule has 3 rings (SSSR count). The van der Waals surface area contributed by atoms with Crippen LogP contribution in [0.3, 0.4) is 0 Å². The van der Waals surface area contributed by atoms with Gasteiger partial charge in [0, 0.05) is 13.1 Å². The van der Waals surface area contributed by atoms with E-state index in [4.69, 9.17) is 11.6 Å². The summed E-state index contributed by atoms with van der Waals surface area (Å²) >= 11 is 6.10. The van der Waals surface area contributed by atoms with E-state index in [1.165, 1.54) is 0 Å². The lowest BCUT2D eigenvalue weighted by Crippen LogP contribution is -2.41. The Balaban J connectivity index is 1.86. The molecule has 1 fully saturated rings. The first-order chi connectivity index (χ1) is 11.7. The van der Waals surface area contributed by atoms with E-state index >= 15 is 0 Å². The van der Waals surface area contributed by atoms with Crippen molar-refractivity contribution >= 4 is 23.4 Å². The molecule has 0 spiro atoms. The number of hydrogen-bond acceptors (Lipinski definition) is 2. The Morgan fingerprint density at radius 1 is 0.958 bits per heavy atom. The summed E-state index contributed by atoms with van der Waals surface area (Å²) in [7, 11) is 0. The molecule has 4 nitrogen and oxygen atoms in total. The fourth-order valence-electron chi connectivity index (χ4n) is 2.91. The van der Waals surface area contributed by atoms with Crippen molar-refractivity contribution in [2.45, 2.75) is 18.9 Å². The predicted molar refractivity (Wildman–Crippen MR) is 93.9 cm³/mol. The number of rotatable bonds is 4. The molecule has 2 aromatic carbocycles. The maximum atomic E-state index is 12.9. The fraction of sp³-hybridized carbons (Fsp3) is 0.263. The van der Waals surface area contributed by atoms with E-state index < -0.39 is 6.04 Å². The van der Waals surface area contributed by atoms with Crippen molar-refractivity contribution in [3.8, 4) is 0 Å². The van der Waals surface area contributed by atoms with E-state index in [9.17, 15) is 9.59 Å². The van der Waals surface area contributed by atoms with Crippen LogP contribution in [0, 0.1) is 0 Å². The smallest absolute Gasteiger partial charge is 0.253 e. The van der Waals surface area contributed by atoms with Gasteiger partial charge >= 0.3 is 0 Å². The maximum absolute atomic E-state index is 12.9. The second-order valence-electron chi connectivity index (χ2n) is 5.83. The minimum atomic E-state index is -0.701. The lowest BCUT2D eigenvalue weighted by molar-refractivity contribution is -0.132. The van der Waals surface area contributed by atoms with Gasteiger partial charge in [0.1, 0.15) is 6.04 Å². The zero-order chi connectivity index (χ0) is 16.9. The van der Waals surface area contributed by atoms with Gasteiger partial charge in [0.25, 0.3) is 5.91 Å². The number of amides is 2. The van der Waals surface area contributed by atoms with Crippen molar-refractivity contribution in [3.05, 3.63) is 70.7 Å². The third kappa shape index (κ3) is 3.60. The van der Waals surface area contributed by atoms with Crippen LogP contribution in [-0.4, -0.2) is 29.8 Å². The first kappa shape index (κ1) is 16.5. The lowest BCUT2D eigenvalue weighted by atomic mass is 10.0. The molecule has 1 aliphatic heterocycles. The monoisotopic (exact) mass is 342 g/mol. The van der Waals surface area contributed by atoms with Crippen molar-refractivity contribution in [2.24, 2.45) is 0 Å². The number of halogens is 1. The van der Waals surface area contributed by atoms with Gasteiger partial charge in [-0.05, 0) is 30.5 Å². The molecule has 0 aliphatic carbocycles. The summed E-state index contributed by atoms with van der Waals surface area (Å²) in [5, 5.41) is 3.22. The second kappa shape index (κ2) is 7.49. The molecule has 0 radical (unpaired) electrons. The SMILES string of the molecule is O=C(N[C@H](C(=O)N1CCCC1)c1ccccc1)c1ccccc1Cl. The topological polar surface area (TPSA) is 49.4 Å². The fourth-order valence-corrected chi connectivity index (χ4v) is 3.13. The van der Waals surface area contributed by atoms with Crippen LogP contribution in [0.25, 0.3) is 0 Å². The van der Waals surface area contributed by atoms with Gasteiger partial charge in [-0.15, -0.1) is 0 Å². The molecule has 24 heavy (non-hydrogen) atoms. The van der Waals surface area contributed by atoms with Crippen LogP contribution in [0.2, 0.25) is 5.02 Å². The number of nitrogens with zero attached hydrogens (tertiary/aromatic N) is 1. The van der Waals surface area contributed by atoms with Gasteiger partial charge in [0.2, 0.25) is 5.91 Å². The highest BCUT2D eigenvalue weighted by Gasteiger charge is 2.29. The van der Waals surface area contributed by atoms with Crippen molar-refractivity contribution < 1.29 is 9.59 Å². The Morgan fingerprint density at radius 2 is 1.58 bits per heavy atom. The Bertz CT molecular complexity index is 727. The first-order valence-corrected chi connectivity index (χ1v) is 8.44. The molecule has 5 heteroatoms. The second-order valence-corrected chi connectivity index (χ2v) is 6.24. The average Bonchev–Trinajstić information content (AvgIpc) is 3.15. The molecule has 0 aromatic heterocycles. The van der Waals surface area contributed by atoms with E-state index in [1.54, 1.807) is 24.3 Å². The number of likely N-dealkylation sites (tertiary alicyclic amines) is 1. The van der Waals surface area contributed by atoms with Crippen molar-refractivity contribution in [1.82, 2.24) is 10.2 Å². The van der Waals surface area contributed by atoms with E-state index in [-0.39, 0.29) is 11.8 Å².